The summed E-state index contributed by atoms with van der Waals surface area (Å²) in [5.74, 6) is 5.74. The lowest BCUT2D eigenvalue weighted by molar-refractivity contribution is 0.121. The maximum absolute atomic E-state index is 4.96. The fourth-order valence-corrected chi connectivity index (χ4v) is 2.04. The molecule has 5 heteroatoms. The van der Waals surface area contributed by atoms with Crippen LogP contribution < -0.4 is 5.90 Å². The second kappa shape index (κ2) is 4.52. The van der Waals surface area contributed by atoms with E-state index in [1.165, 1.54) is 25.7 Å². The summed E-state index contributed by atoms with van der Waals surface area (Å²) in [5.41, 5.74) is 0.797. The van der Waals surface area contributed by atoms with Crippen LogP contribution in [0.3, 0.4) is 0 Å². The maximum Gasteiger partial charge on any atom is 0.113 e. The Bertz CT molecular complexity index is 280. The van der Waals surface area contributed by atoms with Crippen molar-refractivity contribution in [3.63, 3.8) is 0 Å². The summed E-state index contributed by atoms with van der Waals surface area (Å²) >= 11 is 0. The third kappa shape index (κ3) is 2.30. The lowest BCUT2D eigenvalue weighted by atomic mass is 10.1. The topological polar surface area (TPSA) is 66.0 Å². The molecule has 78 valence electrons. The zero-order valence-corrected chi connectivity index (χ0v) is 8.22. The molecule has 0 radical (unpaired) electrons. The van der Waals surface area contributed by atoms with Crippen LogP contribution in [0, 0.1) is 5.92 Å². The molecule has 0 aromatic carbocycles. The van der Waals surface area contributed by atoms with Crippen molar-refractivity contribution < 1.29 is 4.84 Å². The smallest absolute Gasteiger partial charge is 0.113 e. The normalized spacial score (nSPS) is 17.8. The molecule has 1 saturated carbocycles. The molecule has 0 unspecified atom stereocenters. The molecule has 1 heterocycles. The van der Waals surface area contributed by atoms with Crippen molar-refractivity contribution in [3.05, 3.63) is 11.9 Å². The maximum atomic E-state index is 4.96. The van der Waals surface area contributed by atoms with Crippen molar-refractivity contribution in [1.29, 1.82) is 0 Å². The molecule has 14 heavy (non-hydrogen) atoms. The number of nitrogens with two attached hydrogens (primary N) is 1. The average molecular weight is 196 g/mol. The van der Waals surface area contributed by atoms with E-state index in [0.29, 0.717) is 6.61 Å². The summed E-state index contributed by atoms with van der Waals surface area (Å²) in [6.45, 7) is 1.32. The number of hydrogen-bond donors (Lipinski definition) is 1. The third-order valence-corrected chi connectivity index (χ3v) is 2.74. The van der Waals surface area contributed by atoms with Crippen molar-refractivity contribution in [2.45, 2.75) is 38.8 Å². The lowest BCUT2D eigenvalue weighted by Crippen LogP contribution is -2.07. The van der Waals surface area contributed by atoms with E-state index in [4.69, 9.17) is 5.90 Å². The minimum Gasteiger partial charge on any atom is -0.298 e. The molecule has 0 spiro atoms. The first-order chi connectivity index (χ1) is 6.88. The first kappa shape index (κ1) is 9.61. The molecule has 1 aromatic heterocycles. The fourth-order valence-electron chi connectivity index (χ4n) is 2.04. The molecule has 1 aliphatic carbocycles. The van der Waals surface area contributed by atoms with E-state index in [1.54, 1.807) is 0 Å². The number of aromatic nitrogens is 3. The summed E-state index contributed by atoms with van der Waals surface area (Å²) in [6, 6.07) is 0. The highest BCUT2D eigenvalue weighted by Gasteiger charge is 2.15. The first-order valence-corrected chi connectivity index (χ1v) is 5.09. The van der Waals surface area contributed by atoms with Crippen LogP contribution >= 0.6 is 0 Å². The van der Waals surface area contributed by atoms with Gasteiger partial charge in [-0.3, -0.25) is 9.52 Å². The second-order valence-corrected chi connectivity index (χ2v) is 3.89. The van der Waals surface area contributed by atoms with Crippen LogP contribution in [-0.2, 0) is 18.0 Å². The van der Waals surface area contributed by atoms with Gasteiger partial charge in [-0.15, -0.1) is 5.10 Å². The Balaban J connectivity index is 1.88. The average Bonchev–Trinajstić information content (AvgIpc) is 2.79. The van der Waals surface area contributed by atoms with E-state index in [-0.39, 0.29) is 0 Å². The molecule has 0 amide bonds. The van der Waals surface area contributed by atoms with Gasteiger partial charge in [0.2, 0.25) is 0 Å². The fraction of sp³-hybridized carbons (Fsp3) is 0.778. The minimum atomic E-state index is 0.338. The van der Waals surface area contributed by atoms with E-state index in [2.05, 4.69) is 15.1 Å². The predicted molar refractivity (Wildman–Crippen MR) is 51.0 cm³/mol. The molecule has 1 aromatic rings. The Kier molecular flexibility index (Phi) is 3.10. The predicted octanol–water partition coefficient (Wildman–Crippen LogP) is 0.859. The number of rotatable bonds is 4. The van der Waals surface area contributed by atoms with Crippen LogP contribution in [0.5, 0.6) is 0 Å². The van der Waals surface area contributed by atoms with Crippen molar-refractivity contribution in [1.82, 2.24) is 15.0 Å². The van der Waals surface area contributed by atoms with E-state index >= 15 is 0 Å². The Labute approximate surface area is 83.2 Å². The molecule has 1 fully saturated rings. The van der Waals surface area contributed by atoms with Gasteiger partial charge < -0.3 is 0 Å². The van der Waals surface area contributed by atoms with Gasteiger partial charge in [0.1, 0.15) is 12.3 Å². The van der Waals surface area contributed by atoms with Gasteiger partial charge in [0.25, 0.3) is 0 Å². The summed E-state index contributed by atoms with van der Waals surface area (Å²) in [6.07, 6.45) is 7.27. The van der Waals surface area contributed by atoms with Crippen LogP contribution in [-0.4, -0.2) is 15.0 Å². The largest absolute Gasteiger partial charge is 0.298 e. The molecule has 0 saturated heterocycles. The van der Waals surface area contributed by atoms with Gasteiger partial charge in [-0.05, 0) is 18.8 Å². The summed E-state index contributed by atoms with van der Waals surface area (Å²) < 4.78 is 1.89. The van der Waals surface area contributed by atoms with Gasteiger partial charge in [-0.25, -0.2) is 5.90 Å². The number of nitrogens with zero attached hydrogens (tertiary/aromatic N) is 3. The molecular formula is C9H16N4O. The second-order valence-electron chi connectivity index (χ2n) is 3.89. The standard InChI is InChI=1S/C9H16N4O/c10-14-7-9-6-13(12-11-9)5-8-3-1-2-4-8/h6,8H,1-5,7,10H2. The molecular weight excluding hydrogens is 180 g/mol. The van der Waals surface area contributed by atoms with Crippen molar-refractivity contribution >= 4 is 0 Å². The van der Waals surface area contributed by atoms with Crippen LogP contribution in [0.15, 0.2) is 6.20 Å². The summed E-state index contributed by atoms with van der Waals surface area (Å²) in [7, 11) is 0. The lowest BCUT2D eigenvalue weighted by Gasteiger charge is -2.06. The number of hydrogen-bond acceptors (Lipinski definition) is 4. The summed E-state index contributed by atoms with van der Waals surface area (Å²) in [5, 5.41) is 7.99. The highest BCUT2D eigenvalue weighted by Crippen LogP contribution is 2.25. The highest BCUT2D eigenvalue weighted by atomic mass is 16.6. The monoisotopic (exact) mass is 196 g/mol. The quantitative estimate of drug-likeness (QED) is 0.725. The van der Waals surface area contributed by atoms with E-state index in [1.807, 2.05) is 10.9 Å². The van der Waals surface area contributed by atoms with Crippen LogP contribution in [0.4, 0.5) is 0 Å². The van der Waals surface area contributed by atoms with Crippen molar-refractivity contribution in [2.75, 3.05) is 0 Å². The van der Waals surface area contributed by atoms with Crippen LogP contribution in [0.1, 0.15) is 31.4 Å². The van der Waals surface area contributed by atoms with Gasteiger partial charge in [0.05, 0.1) is 6.20 Å². The zero-order valence-electron chi connectivity index (χ0n) is 8.22. The molecule has 1 aliphatic rings. The van der Waals surface area contributed by atoms with Gasteiger partial charge in [0, 0.05) is 6.54 Å². The first-order valence-electron chi connectivity index (χ1n) is 5.09. The molecule has 0 atom stereocenters. The Hall–Kier alpha value is -0.940. The third-order valence-electron chi connectivity index (χ3n) is 2.74. The van der Waals surface area contributed by atoms with Gasteiger partial charge in [-0.2, -0.15) is 0 Å². The Morgan fingerprint density at radius 3 is 3.00 bits per heavy atom. The van der Waals surface area contributed by atoms with Gasteiger partial charge >= 0.3 is 0 Å². The zero-order chi connectivity index (χ0) is 9.80. The molecule has 2 rings (SSSR count). The minimum absolute atomic E-state index is 0.338. The molecule has 0 bridgehead atoms. The van der Waals surface area contributed by atoms with Crippen molar-refractivity contribution in [3.8, 4) is 0 Å². The summed E-state index contributed by atoms with van der Waals surface area (Å²) in [4.78, 5) is 4.50. The Morgan fingerprint density at radius 2 is 2.29 bits per heavy atom. The van der Waals surface area contributed by atoms with E-state index < -0.39 is 0 Å². The highest BCUT2D eigenvalue weighted by molar-refractivity contribution is 4.89. The van der Waals surface area contributed by atoms with Crippen LogP contribution in [0.2, 0.25) is 0 Å². The van der Waals surface area contributed by atoms with Crippen molar-refractivity contribution in [2.24, 2.45) is 11.8 Å². The Morgan fingerprint density at radius 1 is 1.50 bits per heavy atom. The van der Waals surface area contributed by atoms with E-state index in [9.17, 15) is 0 Å². The van der Waals surface area contributed by atoms with Gasteiger partial charge in [0.15, 0.2) is 0 Å². The molecule has 0 aliphatic heterocycles. The SMILES string of the molecule is NOCc1cn(CC2CCCC2)nn1. The van der Waals surface area contributed by atoms with E-state index in [0.717, 1.165) is 18.2 Å². The van der Waals surface area contributed by atoms with Crippen LogP contribution in [0.25, 0.3) is 0 Å². The molecule has 2 N–H and O–H groups in total. The molecule has 5 nitrogen and oxygen atoms in total. The van der Waals surface area contributed by atoms with Gasteiger partial charge in [-0.1, -0.05) is 18.1 Å².